The van der Waals surface area contributed by atoms with Crippen molar-refractivity contribution in [1.82, 2.24) is 14.9 Å². The smallest absolute Gasteiger partial charge is 0.256 e. The van der Waals surface area contributed by atoms with Crippen molar-refractivity contribution in [2.45, 2.75) is 13.5 Å². The fraction of sp³-hybridized carbons (Fsp3) is 0.0952. The van der Waals surface area contributed by atoms with Crippen LogP contribution in [0.3, 0.4) is 0 Å². The maximum Gasteiger partial charge on any atom is 0.256 e. The molecule has 0 bridgehead atoms. The van der Waals surface area contributed by atoms with Gasteiger partial charge in [-0.3, -0.25) is 9.36 Å². The van der Waals surface area contributed by atoms with Crippen molar-refractivity contribution >= 4 is 5.91 Å². The van der Waals surface area contributed by atoms with Crippen molar-refractivity contribution in [2.24, 2.45) is 0 Å². The molecule has 0 spiro atoms. The number of carbonyl (C=O) groups excluding carboxylic acids is 1. The first-order chi connectivity index (χ1) is 13.7. The van der Waals surface area contributed by atoms with Gasteiger partial charge in [-0.25, -0.2) is 4.98 Å². The molecule has 0 aliphatic rings. The molecule has 138 valence electrons. The van der Waals surface area contributed by atoms with Crippen molar-refractivity contribution < 1.29 is 13.6 Å². The Balaban J connectivity index is 1.52. The summed E-state index contributed by atoms with van der Waals surface area (Å²) in [4.78, 5) is 16.9. The van der Waals surface area contributed by atoms with Crippen molar-refractivity contribution in [2.75, 3.05) is 0 Å². The van der Waals surface area contributed by atoms with Gasteiger partial charge >= 0.3 is 0 Å². The molecule has 0 aliphatic carbocycles. The Morgan fingerprint density at radius 2 is 1.93 bits per heavy atom. The summed E-state index contributed by atoms with van der Waals surface area (Å²) >= 11 is 0. The average molecular weight is 372 g/mol. The number of furan rings is 1. The van der Waals surface area contributed by atoms with E-state index in [0.717, 1.165) is 5.56 Å². The van der Waals surface area contributed by atoms with E-state index in [1.165, 1.54) is 0 Å². The summed E-state index contributed by atoms with van der Waals surface area (Å²) in [6.07, 6.45) is 5.11. The first-order valence-electron chi connectivity index (χ1n) is 8.62. The zero-order chi connectivity index (χ0) is 19.5. The topological polar surface area (TPSA) is 97.0 Å². The van der Waals surface area contributed by atoms with Crippen LogP contribution in [0.15, 0.2) is 69.9 Å². The number of carbonyl (C=O) groups is 1. The molecular weight excluding hydrogens is 356 g/mol. The van der Waals surface area contributed by atoms with Crippen LogP contribution in [0.2, 0.25) is 0 Å². The highest BCUT2D eigenvalue weighted by molar-refractivity contribution is 5.98. The Labute approximate surface area is 160 Å². The molecule has 0 fully saturated rings. The molecule has 0 saturated heterocycles. The van der Waals surface area contributed by atoms with Gasteiger partial charge in [-0.15, -0.1) is 0 Å². The van der Waals surface area contributed by atoms with Crippen LogP contribution in [-0.2, 0) is 6.54 Å². The lowest BCUT2D eigenvalue weighted by atomic mass is 10.1. The number of nitriles is 1. The van der Waals surface area contributed by atoms with Gasteiger partial charge in [0, 0.05) is 18.0 Å². The standard InChI is InChI=1S/C21H16N4O3/c1-14-19(16(11-22)21(27-14)25-9-5-6-10-25)20(26)24-13-18-23-12-17(28-18)15-7-3-2-4-8-15/h2-10,12H,13H2,1H3,(H,24,26). The second-order valence-corrected chi connectivity index (χ2v) is 6.08. The molecule has 3 aromatic heterocycles. The van der Waals surface area contributed by atoms with Crippen molar-refractivity contribution in [1.29, 1.82) is 5.26 Å². The lowest BCUT2D eigenvalue weighted by molar-refractivity contribution is 0.0945. The normalized spacial score (nSPS) is 10.6. The van der Waals surface area contributed by atoms with Gasteiger partial charge in [-0.05, 0) is 19.1 Å². The fourth-order valence-corrected chi connectivity index (χ4v) is 2.93. The number of nitrogens with zero attached hydrogens (tertiary/aromatic N) is 3. The molecule has 3 heterocycles. The van der Waals surface area contributed by atoms with E-state index in [9.17, 15) is 10.1 Å². The van der Waals surface area contributed by atoms with Crippen molar-refractivity contribution in [3.63, 3.8) is 0 Å². The third kappa shape index (κ3) is 3.19. The maximum absolute atomic E-state index is 12.7. The summed E-state index contributed by atoms with van der Waals surface area (Å²) in [6.45, 7) is 1.75. The van der Waals surface area contributed by atoms with E-state index in [2.05, 4.69) is 16.4 Å². The van der Waals surface area contributed by atoms with Crippen LogP contribution in [0.25, 0.3) is 17.2 Å². The minimum absolute atomic E-state index is 0.0972. The quantitative estimate of drug-likeness (QED) is 0.574. The fourth-order valence-electron chi connectivity index (χ4n) is 2.93. The highest BCUT2D eigenvalue weighted by Crippen LogP contribution is 2.25. The predicted octanol–water partition coefficient (Wildman–Crippen LogP) is 3.84. The number of amides is 1. The van der Waals surface area contributed by atoms with Gasteiger partial charge in [0.1, 0.15) is 23.0 Å². The van der Waals surface area contributed by atoms with E-state index in [4.69, 9.17) is 8.83 Å². The van der Waals surface area contributed by atoms with Crippen molar-refractivity contribution in [3.8, 4) is 23.3 Å². The van der Waals surface area contributed by atoms with Gasteiger partial charge in [-0.1, -0.05) is 30.3 Å². The zero-order valence-electron chi connectivity index (χ0n) is 15.0. The third-order valence-electron chi connectivity index (χ3n) is 4.26. The third-order valence-corrected chi connectivity index (χ3v) is 4.26. The predicted molar refractivity (Wildman–Crippen MR) is 101 cm³/mol. The Hall–Kier alpha value is -4.05. The number of aromatic nitrogens is 2. The number of rotatable bonds is 5. The van der Waals surface area contributed by atoms with E-state index in [1.807, 2.05) is 42.5 Å². The summed E-state index contributed by atoms with van der Waals surface area (Å²) < 4.78 is 13.0. The van der Waals surface area contributed by atoms with Crippen LogP contribution in [0, 0.1) is 18.3 Å². The number of hydrogen-bond donors (Lipinski definition) is 1. The van der Waals surface area contributed by atoms with Crippen LogP contribution in [0.4, 0.5) is 0 Å². The minimum atomic E-state index is -0.421. The lowest BCUT2D eigenvalue weighted by Crippen LogP contribution is -2.24. The van der Waals surface area contributed by atoms with Gasteiger partial charge in [-0.2, -0.15) is 5.26 Å². The number of oxazole rings is 1. The number of nitrogens with one attached hydrogen (secondary N) is 1. The van der Waals surface area contributed by atoms with Crippen LogP contribution in [0.1, 0.15) is 27.6 Å². The van der Waals surface area contributed by atoms with Crippen LogP contribution < -0.4 is 5.32 Å². The summed E-state index contributed by atoms with van der Waals surface area (Å²) in [5.41, 5.74) is 1.30. The van der Waals surface area contributed by atoms with Gasteiger partial charge in [0.25, 0.3) is 5.91 Å². The van der Waals surface area contributed by atoms with E-state index < -0.39 is 5.91 Å². The molecule has 0 unspecified atom stereocenters. The van der Waals surface area contributed by atoms with Gasteiger partial charge in [0.15, 0.2) is 5.76 Å². The zero-order valence-corrected chi connectivity index (χ0v) is 15.0. The van der Waals surface area contributed by atoms with Gasteiger partial charge in [0.05, 0.1) is 12.7 Å². The van der Waals surface area contributed by atoms with Crippen molar-refractivity contribution in [3.05, 3.63) is 83.8 Å². The van der Waals surface area contributed by atoms with Crippen LogP contribution >= 0.6 is 0 Å². The van der Waals surface area contributed by atoms with Gasteiger partial charge in [0.2, 0.25) is 11.8 Å². The largest absolute Gasteiger partial charge is 0.443 e. The van der Waals surface area contributed by atoms with Crippen LogP contribution in [0.5, 0.6) is 0 Å². The highest BCUT2D eigenvalue weighted by Gasteiger charge is 2.24. The molecule has 0 atom stereocenters. The molecular formula is C21H16N4O3. The molecule has 1 aromatic carbocycles. The Morgan fingerprint density at radius 1 is 1.18 bits per heavy atom. The van der Waals surface area contributed by atoms with E-state index in [0.29, 0.717) is 23.3 Å². The minimum Gasteiger partial charge on any atom is -0.443 e. The monoisotopic (exact) mass is 372 g/mol. The number of aryl methyl sites for hydroxylation is 1. The summed E-state index contributed by atoms with van der Waals surface area (Å²) in [6, 6.07) is 15.3. The molecule has 0 radical (unpaired) electrons. The maximum atomic E-state index is 12.7. The molecule has 28 heavy (non-hydrogen) atoms. The molecule has 0 aliphatic heterocycles. The highest BCUT2D eigenvalue weighted by atomic mass is 16.4. The second kappa shape index (κ2) is 7.29. The molecule has 7 nitrogen and oxygen atoms in total. The first-order valence-corrected chi connectivity index (χ1v) is 8.62. The van der Waals surface area contributed by atoms with Gasteiger partial charge < -0.3 is 14.2 Å². The average Bonchev–Trinajstić information content (AvgIpc) is 3.46. The Bertz CT molecular complexity index is 1150. The summed E-state index contributed by atoms with van der Waals surface area (Å²) in [5, 5.41) is 12.3. The SMILES string of the molecule is Cc1oc(-n2cccc2)c(C#N)c1C(=O)NCc1ncc(-c2ccccc2)o1. The molecule has 4 aromatic rings. The molecule has 1 amide bonds. The Morgan fingerprint density at radius 3 is 2.64 bits per heavy atom. The molecule has 7 heteroatoms. The van der Waals surface area contributed by atoms with E-state index in [1.54, 1.807) is 30.1 Å². The number of hydrogen-bond acceptors (Lipinski definition) is 5. The molecule has 1 N–H and O–H groups in total. The Kier molecular flexibility index (Phi) is 4.52. The number of benzene rings is 1. The van der Waals surface area contributed by atoms with E-state index >= 15 is 0 Å². The molecule has 4 rings (SSSR count). The molecule has 0 saturated carbocycles. The lowest BCUT2D eigenvalue weighted by Gasteiger charge is -2.02. The summed E-state index contributed by atoms with van der Waals surface area (Å²) in [5.74, 6) is 1.26. The summed E-state index contributed by atoms with van der Waals surface area (Å²) in [7, 11) is 0. The first kappa shape index (κ1) is 17.4. The van der Waals surface area contributed by atoms with Crippen LogP contribution in [-0.4, -0.2) is 15.5 Å². The van der Waals surface area contributed by atoms with E-state index in [-0.39, 0.29) is 17.7 Å². The second-order valence-electron chi connectivity index (χ2n) is 6.08.